The summed E-state index contributed by atoms with van der Waals surface area (Å²) in [5, 5.41) is 14.4. The van der Waals surface area contributed by atoms with Gasteiger partial charge in [-0.25, -0.2) is 4.79 Å². The Morgan fingerprint density at radius 2 is 2.03 bits per heavy atom. The number of carboxylic acid groups (broad SMARTS) is 1. The zero-order chi connectivity index (χ0) is 23.9. The Kier molecular flexibility index (Phi) is 5.88. The van der Waals surface area contributed by atoms with Gasteiger partial charge in [-0.2, -0.15) is 0 Å². The molecule has 5 nitrogen and oxygen atoms in total. The molecule has 0 atom stereocenters. The Labute approximate surface area is 203 Å². The predicted octanol–water partition coefficient (Wildman–Crippen LogP) is 6.69. The van der Waals surface area contributed by atoms with Crippen LogP contribution in [0.4, 0.5) is 0 Å². The molecule has 2 heterocycles. The van der Waals surface area contributed by atoms with Crippen molar-refractivity contribution >= 4 is 28.2 Å². The van der Waals surface area contributed by atoms with E-state index in [0.717, 1.165) is 51.7 Å². The van der Waals surface area contributed by atoms with Crippen molar-refractivity contribution in [2.45, 2.75) is 39.7 Å². The van der Waals surface area contributed by atoms with E-state index in [1.807, 2.05) is 55.6 Å². The summed E-state index contributed by atoms with van der Waals surface area (Å²) in [6.45, 7) is 5.05. The van der Waals surface area contributed by atoms with Gasteiger partial charge in [0.15, 0.2) is 5.75 Å². The van der Waals surface area contributed by atoms with E-state index in [1.165, 1.54) is 4.88 Å². The Morgan fingerprint density at radius 3 is 2.82 bits per heavy atom. The molecule has 6 heteroatoms. The molecule has 0 saturated heterocycles. The number of rotatable bonds is 6. The van der Waals surface area contributed by atoms with Gasteiger partial charge in [-0.3, -0.25) is 4.98 Å². The second kappa shape index (κ2) is 8.85. The lowest BCUT2D eigenvalue weighted by molar-refractivity contribution is 0.0696. The highest BCUT2D eigenvalue weighted by molar-refractivity contribution is 7.16. The van der Waals surface area contributed by atoms with Gasteiger partial charge in [0.2, 0.25) is 0 Å². The van der Waals surface area contributed by atoms with Gasteiger partial charge in [-0.15, -0.1) is 11.3 Å². The maximum absolute atomic E-state index is 12.4. The third-order valence-electron chi connectivity index (χ3n) is 6.50. The van der Waals surface area contributed by atoms with Crippen molar-refractivity contribution < 1.29 is 14.6 Å². The molecule has 2 aromatic heterocycles. The van der Waals surface area contributed by atoms with Crippen LogP contribution in [-0.2, 0) is 19.4 Å². The van der Waals surface area contributed by atoms with Crippen molar-refractivity contribution in [3.8, 4) is 21.9 Å². The number of pyridine rings is 1. The molecule has 1 aliphatic carbocycles. The lowest BCUT2D eigenvalue weighted by Gasteiger charge is -2.29. The molecular weight excluding hydrogens is 444 g/mol. The van der Waals surface area contributed by atoms with Gasteiger partial charge < -0.3 is 15.2 Å². The van der Waals surface area contributed by atoms with Crippen LogP contribution in [0.5, 0.6) is 11.5 Å². The van der Waals surface area contributed by atoms with Crippen molar-refractivity contribution in [2.24, 2.45) is 5.41 Å². The average molecular weight is 473 g/mol. The zero-order valence-electron chi connectivity index (χ0n) is 19.6. The number of fused-ring (bicyclic) bond motifs is 2. The van der Waals surface area contributed by atoms with E-state index >= 15 is 0 Å². The molecule has 2 aromatic carbocycles. The van der Waals surface area contributed by atoms with Crippen LogP contribution in [-0.4, -0.2) is 23.1 Å². The van der Waals surface area contributed by atoms with Crippen LogP contribution in [0, 0.1) is 5.41 Å². The molecular formula is C28H28N2O3S. The second-order valence-electron chi connectivity index (χ2n) is 9.64. The quantitative estimate of drug-likeness (QED) is 0.327. The first-order chi connectivity index (χ1) is 16.4. The van der Waals surface area contributed by atoms with E-state index in [4.69, 9.17) is 4.74 Å². The first-order valence-electron chi connectivity index (χ1n) is 11.5. The van der Waals surface area contributed by atoms with Gasteiger partial charge in [0.25, 0.3) is 0 Å². The summed E-state index contributed by atoms with van der Waals surface area (Å²) in [5.41, 5.74) is 4.37. The van der Waals surface area contributed by atoms with Crippen LogP contribution in [0.3, 0.4) is 0 Å². The maximum Gasteiger partial charge on any atom is 0.337 e. The van der Waals surface area contributed by atoms with E-state index in [2.05, 4.69) is 24.1 Å². The standard InChI is InChI=1S/C28H28N2O3S/c1-28(2)12-11-23-21(15-28)24(27(31)32)26(34-23)20-10-9-19(14-18(20)16-29-3)33-22-8-4-6-17-7-5-13-30-25(17)22/h4-10,13-14,29H,11-12,15-16H2,1-3H3,(H,31,32). The molecule has 0 amide bonds. The van der Waals surface area contributed by atoms with Gasteiger partial charge in [0.1, 0.15) is 11.3 Å². The average Bonchev–Trinajstić information content (AvgIpc) is 3.17. The van der Waals surface area contributed by atoms with Crippen LogP contribution in [0.2, 0.25) is 0 Å². The van der Waals surface area contributed by atoms with Gasteiger partial charge in [-0.05, 0) is 78.7 Å². The summed E-state index contributed by atoms with van der Waals surface area (Å²) < 4.78 is 6.25. The molecule has 1 aliphatic rings. The first kappa shape index (κ1) is 22.6. The van der Waals surface area contributed by atoms with Crippen LogP contribution < -0.4 is 10.1 Å². The number of aromatic carboxylic acids is 1. The lowest BCUT2D eigenvalue weighted by Crippen LogP contribution is -2.22. The Hall–Kier alpha value is -3.22. The minimum absolute atomic E-state index is 0.119. The highest BCUT2D eigenvalue weighted by Crippen LogP contribution is 2.46. The number of hydrogen-bond donors (Lipinski definition) is 2. The molecule has 2 N–H and O–H groups in total. The second-order valence-corrected chi connectivity index (χ2v) is 10.7. The fraction of sp³-hybridized carbons (Fsp3) is 0.286. The smallest absolute Gasteiger partial charge is 0.337 e. The molecule has 0 radical (unpaired) electrons. The number of nitrogens with zero attached hydrogens (tertiary/aromatic N) is 1. The van der Waals surface area contributed by atoms with E-state index in [0.29, 0.717) is 23.6 Å². The van der Waals surface area contributed by atoms with Crippen molar-refractivity contribution in [1.82, 2.24) is 10.3 Å². The van der Waals surface area contributed by atoms with E-state index in [9.17, 15) is 9.90 Å². The van der Waals surface area contributed by atoms with Crippen molar-refractivity contribution in [3.63, 3.8) is 0 Å². The number of benzene rings is 2. The Balaban J connectivity index is 1.57. The third kappa shape index (κ3) is 4.19. The van der Waals surface area contributed by atoms with Gasteiger partial charge in [0.05, 0.1) is 5.56 Å². The summed E-state index contributed by atoms with van der Waals surface area (Å²) in [5.74, 6) is 0.551. The molecule has 0 aliphatic heterocycles. The number of hydrogen-bond acceptors (Lipinski definition) is 5. The number of ether oxygens (including phenoxy) is 1. The highest BCUT2D eigenvalue weighted by atomic mass is 32.1. The van der Waals surface area contributed by atoms with Crippen LogP contribution in [0.1, 0.15) is 46.6 Å². The molecule has 4 aromatic rings. The largest absolute Gasteiger partial charge is 0.478 e. The Morgan fingerprint density at radius 1 is 1.21 bits per heavy atom. The van der Waals surface area contributed by atoms with Crippen LogP contribution >= 0.6 is 11.3 Å². The summed E-state index contributed by atoms with van der Waals surface area (Å²) in [6, 6.07) is 15.7. The van der Waals surface area contributed by atoms with Crippen molar-refractivity contribution in [1.29, 1.82) is 0 Å². The topological polar surface area (TPSA) is 71.5 Å². The van der Waals surface area contributed by atoms with Crippen LogP contribution in [0.15, 0.2) is 54.7 Å². The minimum atomic E-state index is -0.845. The number of carbonyl (C=O) groups is 1. The highest BCUT2D eigenvalue weighted by Gasteiger charge is 2.33. The molecule has 0 saturated carbocycles. The predicted molar refractivity (Wildman–Crippen MR) is 137 cm³/mol. The molecule has 5 rings (SSSR count). The molecule has 0 bridgehead atoms. The number of aromatic nitrogens is 1. The molecule has 174 valence electrons. The number of carboxylic acids is 1. The van der Waals surface area contributed by atoms with Gasteiger partial charge in [-0.1, -0.05) is 32.0 Å². The Bertz CT molecular complexity index is 1380. The first-order valence-corrected chi connectivity index (χ1v) is 12.4. The summed E-state index contributed by atoms with van der Waals surface area (Å²) in [4.78, 5) is 18.9. The van der Waals surface area contributed by atoms with E-state index < -0.39 is 5.97 Å². The fourth-order valence-corrected chi connectivity index (χ4v) is 6.18. The summed E-state index contributed by atoms with van der Waals surface area (Å²) in [6.07, 6.45) is 4.58. The van der Waals surface area contributed by atoms with Gasteiger partial charge >= 0.3 is 5.97 Å². The number of nitrogens with one attached hydrogen (secondary N) is 1. The third-order valence-corrected chi connectivity index (χ3v) is 7.83. The summed E-state index contributed by atoms with van der Waals surface area (Å²) >= 11 is 1.64. The van der Waals surface area contributed by atoms with E-state index in [-0.39, 0.29) is 5.41 Å². The van der Waals surface area contributed by atoms with Crippen molar-refractivity contribution in [3.05, 3.63) is 76.3 Å². The SMILES string of the molecule is CNCc1cc(Oc2cccc3cccnc23)ccc1-c1sc2c(c1C(=O)O)CC(C)(C)CC2. The van der Waals surface area contributed by atoms with Crippen LogP contribution in [0.25, 0.3) is 21.3 Å². The monoisotopic (exact) mass is 472 g/mol. The number of para-hydroxylation sites is 1. The zero-order valence-corrected chi connectivity index (χ0v) is 20.5. The van der Waals surface area contributed by atoms with Crippen molar-refractivity contribution in [2.75, 3.05) is 7.05 Å². The number of aryl methyl sites for hydroxylation is 1. The van der Waals surface area contributed by atoms with Gasteiger partial charge in [0, 0.05) is 27.9 Å². The fourth-order valence-electron chi connectivity index (χ4n) is 4.81. The lowest BCUT2D eigenvalue weighted by atomic mass is 9.76. The maximum atomic E-state index is 12.4. The van der Waals surface area contributed by atoms with E-state index in [1.54, 1.807) is 17.5 Å². The molecule has 0 unspecified atom stereocenters. The minimum Gasteiger partial charge on any atom is -0.478 e. The number of thiophene rings is 1. The summed E-state index contributed by atoms with van der Waals surface area (Å²) in [7, 11) is 1.89. The molecule has 34 heavy (non-hydrogen) atoms. The molecule has 0 fully saturated rings. The molecule has 0 spiro atoms. The normalized spacial score (nSPS) is 14.7.